The third-order valence-electron chi connectivity index (χ3n) is 4.17. The van der Waals surface area contributed by atoms with Crippen LogP contribution in [0.4, 0.5) is 0 Å². The molecule has 3 nitrogen and oxygen atoms in total. The molecule has 4 heteroatoms. The Morgan fingerprint density at radius 3 is 2.48 bits per heavy atom. The van der Waals surface area contributed by atoms with Crippen molar-refractivity contribution in [1.82, 2.24) is 5.32 Å². The summed E-state index contributed by atoms with van der Waals surface area (Å²) in [7, 11) is 0. The molecule has 0 saturated heterocycles. The minimum absolute atomic E-state index is 0.0284. The summed E-state index contributed by atoms with van der Waals surface area (Å²) in [6.07, 6.45) is 0. The van der Waals surface area contributed by atoms with Crippen LogP contribution < -0.4 is 5.32 Å². The van der Waals surface area contributed by atoms with Crippen molar-refractivity contribution in [2.75, 3.05) is 0 Å². The zero-order valence-electron chi connectivity index (χ0n) is 12.7. The van der Waals surface area contributed by atoms with Crippen LogP contribution in [-0.2, 0) is 4.79 Å². The van der Waals surface area contributed by atoms with E-state index in [0.29, 0.717) is 5.84 Å². The number of rotatable bonds is 2. The Kier molecular flexibility index (Phi) is 3.54. The van der Waals surface area contributed by atoms with Gasteiger partial charge in [-0.2, -0.15) is 0 Å². The highest BCUT2D eigenvalue weighted by molar-refractivity contribution is 8.03. The topological polar surface area (TPSA) is 41.5 Å². The van der Waals surface area contributed by atoms with E-state index in [1.807, 2.05) is 61.5 Å². The first-order valence-corrected chi connectivity index (χ1v) is 8.53. The molecule has 0 bridgehead atoms. The van der Waals surface area contributed by atoms with Crippen LogP contribution in [0.3, 0.4) is 0 Å². The zero-order valence-corrected chi connectivity index (χ0v) is 13.5. The Balaban J connectivity index is 1.65. The summed E-state index contributed by atoms with van der Waals surface area (Å²) in [6, 6.07) is 18.1. The molecular weight excluding hydrogens is 304 g/mol. The van der Waals surface area contributed by atoms with Crippen LogP contribution in [0.15, 0.2) is 65.0 Å². The number of amidine groups is 1. The van der Waals surface area contributed by atoms with Gasteiger partial charge in [-0.1, -0.05) is 60.2 Å². The average Bonchev–Trinajstić information content (AvgIpc) is 3.01. The van der Waals surface area contributed by atoms with E-state index in [1.54, 1.807) is 11.8 Å². The fourth-order valence-corrected chi connectivity index (χ4v) is 4.08. The van der Waals surface area contributed by atoms with E-state index in [1.165, 1.54) is 5.56 Å². The van der Waals surface area contributed by atoms with Gasteiger partial charge in [0.25, 0.3) is 0 Å². The molecule has 2 atom stereocenters. The van der Waals surface area contributed by atoms with E-state index < -0.39 is 0 Å². The number of fused-ring (bicyclic) bond motifs is 1. The van der Waals surface area contributed by atoms with E-state index in [9.17, 15) is 4.79 Å². The van der Waals surface area contributed by atoms with Crippen molar-refractivity contribution in [2.45, 2.75) is 12.3 Å². The van der Waals surface area contributed by atoms with Gasteiger partial charge in [0.1, 0.15) is 11.2 Å². The molecule has 0 saturated carbocycles. The lowest BCUT2D eigenvalue weighted by molar-refractivity contribution is -0.122. The highest BCUT2D eigenvalue weighted by Gasteiger charge is 2.40. The number of aliphatic imine (C=N–C) groups is 1. The molecule has 0 radical (unpaired) electrons. The molecule has 0 fully saturated rings. The lowest BCUT2D eigenvalue weighted by atomic mass is 9.92. The summed E-state index contributed by atoms with van der Waals surface area (Å²) in [5.74, 6) is 0.490. The second-order valence-electron chi connectivity index (χ2n) is 5.78. The Labute approximate surface area is 139 Å². The molecule has 2 aromatic rings. The van der Waals surface area contributed by atoms with Crippen LogP contribution >= 0.6 is 11.8 Å². The second-order valence-corrected chi connectivity index (χ2v) is 6.77. The monoisotopic (exact) mass is 320 g/mol. The van der Waals surface area contributed by atoms with Gasteiger partial charge in [-0.3, -0.25) is 9.79 Å². The Bertz CT molecular complexity index is 809. The quantitative estimate of drug-likeness (QED) is 0.918. The SMILES string of the molecule is Cc1ccc(C2=N[C@@H]3SC=C(c4ccccc4)[C@@H]3C(=O)N2)cc1. The van der Waals surface area contributed by atoms with Crippen molar-refractivity contribution in [2.24, 2.45) is 10.9 Å². The molecule has 114 valence electrons. The van der Waals surface area contributed by atoms with Crippen LogP contribution in [-0.4, -0.2) is 17.1 Å². The van der Waals surface area contributed by atoms with Crippen molar-refractivity contribution in [3.63, 3.8) is 0 Å². The zero-order chi connectivity index (χ0) is 15.8. The molecule has 2 heterocycles. The number of hydrogen-bond donors (Lipinski definition) is 1. The van der Waals surface area contributed by atoms with Gasteiger partial charge in [0, 0.05) is 5.56 Å². The maximum atomic E-state index is 12.7. The third-order valence-corrected chi connectivity index (χ3v) is 5.21. The smallest absolute Gasteiger partial charge is 0.236 e. The van der Waals surface area contributed by atoms with Crippen LogP contribution in [0, 0.1) is 12.8 Å². The lowest BCUT2D eigenvalue weighted by Gasteiger charge is -2.25. The number of carbonyl (C=O) groups is 1. The summed E-state index contributed by atoms with van der Waals surface area (Å²) in [5, 5.41) is 4.98. The first-order chi connectivity index (χ1) is 11.2. The molecule has 0 spiro atoms. The van der Waals surface area contributed by atoms with Crippen molar-refractivity contribution < 1.29 is 4.79 Å². The van der Waals surface area contributed by atoms with Crippen molar-refractivity contribution in [3.05, 3.63) is 76.7 Å². The van der Waals surface area contributed by atoms with Crippen molar-refractivity contribution in [3.8, 4) is 0 Å². The molecule has 23 heavy (non-hydrogen) atoms. The Hall–Kier alpha value is -2.33. The standard InChI is InChI=1S/C19H16N2OS/c1-12-7-9-14(10-8-12)17-20-18(22)16-15(11-23-19(16)21-17)13-5-3-2-4-6-13/h2-11,16,19H,1H3,(H,20,21,22)/t16-,19-/m1/s1. The fraction of sp³-hybridized carbons (Fsp3) is 0.158. The van der Waals surface area contributed by atoms with Gasteiger partial charge in [-0.15, -0.1) is 11.8 Å². The first-order valence-electron chi connectivity index (χ1n) is 7.59. The number of benzene rings is 2. The molecule has 0 aromatic heterocycles. The normalized spacial score (nSPS) is 22.9. The maximum absolute atomic E-state index is 12.7. The van der Waals surface area contributed by atoms with E-state index in [2.05, 4.69) is 10.7 Å². The predicted molar refractivity (Wildman–Crippen MR) is 95.1 cm³/mol. The molecule has 0 unspecified atom stereocenters. The minimum atomic E-state index is -0.211. The molecule has 1 amide bonds. The van der Waals surface area contributed by atoms with Gasteiger partial charge in [0.15, 0.2) is 0 Å². The Morgan fingerprint density at radius 2 is 1.74 bits per heavy atom. The summed E-state index contributed by atoms with van der Waals surface area (Å²) in [4.78, 5) is 17.4. The van der Waals surface area contributed by atoms with E-state index in [-0.39, 0.29) is 17.2 Å². The third kappa shape index (κ3) is 2.59. The van der Waals surface area contributed by atoms with Crippen LogP contribution in [0.1, 0.15) is 16.7 Å². The van der Waals surface area contributed by atoms with Gasteiger partial charge in [0.2, 0.25) is 5.91 Å². The largest absolute Gasteiger partial charge is 0.310 e. The van der Waals surface area contributed by atoms with Crippen molar-refractivity contribution >= 4 is 29.1 Å². The van der Waals surface area contributed by atoms with Crippen LogP contribution in [0.25, 0.3) is 5.57 Å². The van der Waals surface area contributed by atoms with Gasteiger partial charge < -0.3 is 5.32 Å². The average molecular weight is 320 g/mol. The fourth-order valence-electron chi connectivity index (χ4n) is 2.91. The molecule has 2 aliphatic heterocycles. The van der Waals surface area contributed by atoms with Crippen LogP contribution in [0.5, 0.6) is 0 Å². The van der Waals surface area contributed by atoms with Gasteiger partial charge in [0.05, 0.1) is 5.92 Å². The molecular formula is C19H16N2OS. The maximum Gasteiger partial charge on any atom is 0.236 e. The van der Waals surface area contributed by atoms with Gasteiger partial charge >= 0.3 is 0 Å². The number of hydrogen-bond acceptors (Lipinski definition) is 3. The molecule has 2 aliphatic rings. The van der Waals surface area contributed by atoms with E-state index >= 15 is 0 Å². The number of thioether (sulfide) groups is 1. The molecule has 4 rings (SSSR count). The molecule has 0 aliphatic carbocycles. The highest BCUT2D eigenvalue weighted by atomic mass is 32.2. The first kappa shape index (κ1) is 14.3. The van der Waals surface area contributed by atoms with Gasteiger partial charge in [-0.05, 0) is 23.5 Å². The van der Waals surface area contributed by atoms with E-state index in [4.69, 9.17) is 4.99 Å². The molecule has 1 N–H and O–H groups in total. The number of amides is 1. The number of nitrogens with one attached hydrogen (secondary N) is 1. The lowest BCUT2D eigenvalue weighted by Crippen LogP contribution is -2.44. The van der Waals surface area contributed by atoms with Gasteiger partial charge in [-0.25, -0.2) is 0 Å². The summed E-state index contributed by atoms with van der Waals surface area (Å²) in [6.45, 7) is 2.05. The highest BCUT2D eigenvalue weighted by Crippen LogP contribution is 2.43. The van der Waals surface area contributed by atoms with Crippen molar-refractivity contribution in [1.29, 1.82) is 0 Å². The van der Waals surface area contributed by atoms with E-state index in [0.717, 1.165) is 16.7 Å². The summed E-state index contributed by atoms with van der Waals surface area (Å²) in [5.41, 5.74) is 4.30. The summed E-state index contributed by atoms with van der Waals surface area (Å²) >= 11 is 1.62. The predicted octanol–water partition coefficient (Wildman–Crippen LogP) is 3.60. The van der Waals surface area contributed by atoms with Crippen LogP contribution in [0.2, 0.25) is 0 Å². The number of nitrogens with zero attached hydrogens (tertiary/aromatic N) is 1. The second kappa shape index (κ2) is 5.70. The summed E-state index contributed by atoms with van der Waals surface area (Å²) < 4.78 is 0. The Morgan fingerprint density at radius 1 is 1.00 bits per heavy atom. The minimum Gasteiger partial charge on any atom is -0.310 e. The molecule has 2 aromatic carbocycles. The number of aryl methyl sites for hydroxylation is 1. The number of carbonyl (C=O) groups excluding carboxylic acids is 1.